The summed E-state index contributed by atoms with van der Waals surface area (Å²) in [6.07, 6.45) is 1.48. The highest BCUT2D eigenvalue weighted by atomic mass is 16.5. The lowest BCUT2D eigenvalue weighted by Crippen LogP contribution is -2.06. The Bertz CT molecular complexity index is 877. The van der Waals surface area contributed by atoms with E-state index in [2.05, 4.69) is 4.98 Å². The summed E-state index contributed by atoms with van der Waals surface area (Å²) < 4.78 is 21.1. The number of oxazole rings is 1. The van der Waals surface area contributed by atoms with Crippen molar-refractivity contribution in [2.45, 2.75) is 13.5 Å². The molecule has 1 aromatic heterocycles. The second-order valence-electron chi connectivity index (χ2n) is 5.69. The molecular weight excluding hydrogens is 334 g/mol. The van der Waals surface area contributed by atoms with E-state index in [9.17, 15) is 4.79 Å². The Morgan fingerprint density at radius 3 is 2.31 bits per heavy atom. The van der Waals surface area contributed by atoms with Crippen molar-refractivity contribution in [3.05, 3.63) is 65.5 Å². The number of carbonyl (C=O) groups is 1. The van der Waals surface area contributed by atoms with E-state index in [1.54, 1.807) is 18.2 Å². The molecule has 6 nitrogen and oxygen atoms in total. The van der Waals surface area contributed by atoms with Gasteiger partial charge in [0.2, 0.25) is 5.89 Å². The van der Waals surface area contributed by atoms with Gasteiger partial charge in [0, 0.05) is 11.6 Å². The number of nitrogens with zero attached hydrogens (tertiary/aromatic N) is 1. The number of benzene rings is 2. The van der Waals surface area contributed by atoms with E-state index in [0.29, 0.717) is 28.6 Å². The van der Waals surface area contributed by atoms with E-state index in [0.717, 1.165) is 11.1 Å². The van der Waals surface area contributed by atoms with Crippen molar-refractivity contribution in [1.82, 2.24) is 4.98 Å². The average molecular weight is 353 g/mol. The van der Waals surface area contributed by atoms with Gasteiger partial charge in [0.15, 0.2) is 0 Å². The molecule has 0 spiro atoms. The number of hydrogen-bond acceptors (Lipinski definition) is 6. The first-order valence-electron chi connectivity index (χ1n) is 8.00. The van der Waals surface area contributed by atoms with Crippen molar-refractivity contribution in [1.29, 1.82) is 0 Å². The normalized spacial score (nSPS) is 10.4. The summed E-state index contributed by atoms with van der Waals surface area (Å²) in [5, 5.41) is 0. The highest BCUT2D eigenvalue weighted by molar-refractivity contribution is 5.90. The summed E-state index contributed by atoms with van der Waals surface area (Å²) in [6, 6.07) is 12.7. The minimum Gasteiger partial charge on any atom is -0.497 e. The van der Waals surface area contributed by atoms with Crippen molar-refractivity contribution in [2.24, 2.45) is 0 Å². The molecule has 134 valence electrons. The number of esters is 1. The molecule has 0 saturated heterocycles. The van der Waals surface area contributed by atoms with Crippen LogP contribution in [0.4, 0.5) is 0 Å². The van der Waals surface area contributed by atoms with Crippen LogP contribution >= 0.6 is 0 Å². The Labute approximate surface area is 151 Å². The third kappa shape index (κ3) is 4.03. The fraction of sp³-hybridized carbons (Fsp3) is 0.200. The van der Waals surface area contributed by atoms with Crippen LogP contribution in [0.15, 0.2) is 53.1 Å². The molecule has 26 heavy (non-hydrogen) atoms. The molecule has 0 bridgehead atoms. The number of aryl methyl sites for hydroxylation is 1. The van der Waals surface area contributed by atoms with Crippen LogP contribution in [0.5, 0.6) is 11.5 Å². The zero-order valence-electron chi connectivity index (χ0n) is 14.8. The number of aromatic nitrogens is 1. The molecule has 0 radical (unpaired) electrons. The Hall–Kier alpha value is -3.28. The van der Waals surface area contributed by atoms with Crippen molar-refractivity contribution < 1.29 is 23.4 Å². The molecule has 0 N–H and O–H groups in total. The van der Waals surface area contributed by atoms with Gasteiger partial charge in [0.05, 0.1) is 19.8 Å². The van der Waals surface area contributed by atoms with E-state index in [1.165, 1.54) is 20.5 Å². The van der Waals surface area contributed by atoms with Gasteiger partial charge >= 0.3 is 5.97 Å². The van der Waals surface area contributed by atoms with Crippen LogP contribution in [0.25, 0.3) is 11.5 Å². The third-order valence-corrected chi connectivity index (χ3v) is 3.79. The number of ether oxygens (including phenoxy) is 3. The summed E-state index contributed by atoms with van der Waals surface area (Å²) in [5.41, 5.74) is 2.89. The lowest BCUT2D eigenvalue weighted by atomic mass is 10.1. The average Bonchev–Trinajstić information content (AvgIpc) is 3.15. The highest BCUT2D eigenvalue weighted by Gasteiger charge is 2.13. The molecule has 0 atom stereocenters. The Balaban J connectivity index is 1.67. The first-order valence-corrected chi connectivity index (χ1v) is 8.00. The molecule has 3 rings (SSSR count). The maximum atomic E-state index is 12.3. The molecule has 0 aliphatic rings. The van der Waals surface area contributed by atoms with Crippen LogP contribution in [0.1, 0.15) is 21.6 Å². The van der Waals surface area contributed by atoms with Crippen LogP contribution < -0.4 is 9.47 Å². The molecule has 2 aromatic carbocycles. The van der Waals surface area contributed by atoms with Gasteiger partial charge in [-0.05, 0) is 31.2 Å². The number of hydrogen-bond donors (Lipinski definition) is 0. The monoisotopic (exact) mass is 353 g/mol. The van der Waals surface area contributed by atoms with Gasteiger partial charge < -0.3 is 18.6 Å². The van der Waals surface area contributed by atoms with Crippen LogP contribution in [-0.2, 0) is 11.3 Å². The molecule has 0 aliphatic heterocycles. The maximum absolute atomic E-state index is 12.3. The van der Waals surface area contributed by atoms with Gasteiger partial charge in [-0.1, -0.05) is 17.7 Å². The second-order valence-corrected chi connectivity index (χ2v) is 5.69. The van der Waals surface area contributed by atoms with E-state index in [1.807, 2.05) is 31.2 Å². The highest BCUT2D eigenvalue weighted by Crippen LogP contribution is 2.24. The van der Waals surface area contributed by atoms with Crippen LogP contribution in [0.2, 0.25) is 0 Å². The topological polar surface area (TPSA) is 70.8 Å². The summed E-state index contributed by atoms with van der Waals surface area (Å²) in [4.78, 5) is 16.6. The SMILES string of the molecule is COc1cc(OC)cc(C(=O)OCc2coc(-c3ccc(C)cc3)n2)c1. The lowest BCUT2D eigenvalue weighted by Gasteiger charge is -2.08. The van der Waals surface area contributed by atoms with Crippen molar-refractivity contribution in [3.8, 4) is 23.0 Å². The van der Waals surface area contributed by atoms with Crippen molar-refractivity contribution >= 4 is 5.97 Å². The summed E-state index contributed by atoms with van der Waals surface area (Å²) in [6.45, 7) is 2.02. The summed E-state index contributed by atoms with van der Waals surface area (Å²) in [7, 11) is 3.04. The molecule has 3 aromatic rings. The van der Waals surface area contributed by atoms with Gasteiger partial charge in [0.25, 0.3) is 0 Å². The first-order chi connectivity index (χ1) is 12.6. The maximum Gasteiger partial charge on any atom is 0.338 e. The standard InChI is InChI=1S/C20H19NO5/c1-13-4-6-14(7-5-13)19-21-16(11-25-19)12-26-20(22)15-8-17(23-2)10-18(9-15)24-3/h4-11H,12H2,1-3H3. The van der Waals surface area contributed by atoms with E-state index in [-0.39, 0.29) is 6.61 Å². The molecule has 0 saturated carbocycles. The van der Waals surface area contributed by atoms with Gasteiger partial charge in [-0.3, -0.25) is 0 Å². The molecule has 1 heterocycles. The number of methoxy groups -OCH3 is 2. The minimum atomic E-state index is -0.498. The van der Waals surface area contributed by atoms with Gasteiger partial charge in [0.1, 0.15) is 30.1 Å². The number of carbonyl (C=O) groups excluding carboxylic acids is 1. The molecule has 6 heteroatoms. The fourth-order valence-electron chi connectivity index (χ4n) is 2.35. The summed E-state index contributed by atoms with van der Waals surface area (Å²) in [5.74, 6) is 1.01. The lowest BCUT2D eigenvalue weighted by molar-refractivity contribution is 0.0467. The van der Waals surface area contributed by atoms with Crippen LogP contribution in [0.3, 0.4) is 0 Å². The smallest absolute Gasteiger partial charge is 0.338 e. The van der Waals surface area contributed by atoms with Crippen molar-refractivity contribution in [2.75, 3.05) is 14.2 Å². The minimum absolute atomic E-state index is 0.00766. The van der Waals surface area contributed by atoms with Gasteiger partial charge in [-0.2, -0.15) is 0 Å². The van der Waals surface area contributed by atoms with Gasteiger partial charge in [-0.15, -0.1) is 0 Å². The third-order valence-electron chi connectivity index (χ3n) is 3.79. The van der Waals surface area contributed by atoms with Crippen molar-refractivity contribution in [3.63, 3.8) is 0 Å². The second kappa shape index (κ2) is 7.74. The fourth-order valence-corrected chi connectivity index (χ4v) is 2.35. The molecule has 0 aliphatic carbocycles. The number of rotatable bonds is 6. The zero-order chi connectivity index (χ0) is 18.5. The van der Waals surface area contributed by atoms with E-state index < -0.39 is 5.97 Å². The Kier molecular flexibility index (Phi) is 5.22. The Morgan fingerprint density at radius 1 is 1.04 bits per heavy atom. The Morgan fingerprint density at radius 2 is 1.69 bits per heavy atom. The molecule has 0 unspecified atom stereocenters. The molecule has 0 fully saturated rings. The molecular formula is C20H19NO5. The molecule has 0 amide bonds. The van der Waals surface area contributed by atoms with Gasteiger partial charge in [-0.25, -0.2) is 9.78 Å². The van der Waals surface area contributed by atoms with Crippen LogP contribution in [-0.4, -0.2) is 25.2 Å². The van der Waals surface area contributed by atoms with E-state index in [4.69, 9.17) is 18.6 Å². The van der Waals surface area contributed by atoms with Crippen LogP contribution in [0, 0.1) is 6.92 Å². The largest absolute Gasteiger partial charge is 0.497 e. The quantitative estimate of drug-likeness (QED) is 0.623. The van der Waals surface area contributed by atoms with E-state index >= 15 is 0 Å². The first kappa shape index (κ1) is 17.5. The predicted octanol–water partition coefficient (Wildman–Crippen LogP) is 4.02. The zero-order valence-corrected chi connectivity index (χ0v) is 14.8. The predicted molar refractivity (Wildman–Crippen MR) is 95.3 cm³/mol. The summed E-state index contributed by atoms with van der Waals surface area (Å²) >= 11 is 0.